The fourth-order valence-electron chi connectivity index (χ4n) is 1.20. The third-order valence-corrected chi connectivity index (χ3v) is 3.34. The molecule has 0 aliphatic carbocycles. The molecule has 5 nitrogen and oxygen atoms in total. The predicted octanol–water partition coefficient (Wildman–Crippen LogP) is 1.98. The minimum atomic E-state index is -3.47. The van der Waals surface area contributed by atoms with E-state index in [9.17, 15) is 18.5 Å². The second-order valence-electron chi connectivity index (χ2n) is 3.45. The lowest BCUT2D eigenvalue weighted by atomic mass is 10.2. The molecule has 0 amide bonds. The summed E-state index contributed by atoms with van der Waals surface area (Å²) in [5.74, 6) is 5.61. The number of nitro groups is 1. The Balaban J connectivity index is 3.31. The third kappa shape index (κ3) is 3.72. The van der Waals surface area contributed by atoms with Crippen molar-refractivity contribution in [1.82, 2.24) is 0 Å². The fraction of sp³-hybridized carbons (Fsp3) is 0.273. The predicted molar refractivity (Wildman–Crippen MR) is 68.4 cm³/mol. The first kappa shape index (κ1) is 14.5. The molecule has 0 heterocycles. The second-order valence-corrected chi connectivity index (χ2v) is 5.84. The second kappa shape index (κ2) is 5.85. The topological polar surface area (TPSA) is 77.3 Å². The van der Waals surface area contributed by atoms with Crippen molar-refractivity contribution in [2.24, 2.45) is 0 Å². The average Bonchev–Trinajstić information content (AvgIpc) is 2.28. The van der Waals surface area contributed by atoms with E-state index in [1.807, 2.05) is 0 Å². The van der Waals surface area contributed by atoms with Gasteiger partial charge in [0.25, 0.3) is 5.69 Å². The Kier molecular flexibility index (Phi) is 4.70. The molecular formula is C11H10ClNO4S. The van der Waals surface area contributed by atoms with Crippen LogP contribution in [0.4, 0.5) is 5.69 Å². The van der Waals surface area contributed by atoms with Crippen LogP contribution in [0.2, 0.25) is 0 Å². The maximum Gasteiger partial charge on any atom is 0.286 e. The van der Waals surface area contributed by atoms with E-state index >= 15 is 0 Å². The average molecular weight is 288 g/mol. The number of nitro benzene ring substituents is 1. The van der Waals surface area contributed by atoms with E-state index in [-0.39, 0.29) is 16.1 Å². The molecule has 0 aliphatic heterocycles. The summed E-state index contributed by atoms with van der Waals surface area (Å²) in [5, 5.41) is 10.9. The van der Waals surface area contributed by atoms with Crippen LogP contribution in [0.1, 0.15) is 12.0 Å². The van der Waals surface area contributed by atoms with Crippen LogP contribution in [0.25, 0.3) is 0 Å². The highest BCUT2D eigenvalue weighted by molar-refractivity contribution is 7.90. The zero-order valence-corrected chi connectivity index (χ0v) is 11.1. The van der Waals surface area contributed by atoms with E-state index in [1.54, 1.807) is 0 Å². The largest absolute Gasteiger partial charge is 0.286 e. The molecule has 0 saturated heterocycles. The van der Waals surface area contributed by atoms with Gasteiger partial charge in [0.1, 0.15) is 5.56 Å². The summed E-state index contributed by atoms with van der Waals surface area (Å²) in [4.78, 5) is 10.1. The molecule has 0 atom stereocenters. The summed E-state index contributed by atoms with van der Waals surface area (Å²) < 4.78 is 22.6. The first-order valence-corrected chi connectivity index (χ1v) is 7.32. The number of nitrogens with zero attached hydrogens (tertiary/aromatic N) is 1. The van der Waals surface area contributed by atoms with Gasteiger partial charge < -0.3 is 0 Å². The molecule has 1 aromatic carbocycles. The van der Waals surface area contributed by atoms with E-state index in [2.05, 4.69) is 11.8 Å². The van der Waals surface area contributed by atoms with Gasteiger partial charge >= 0.3 is 0 Å². The van der Waals surface area contributed by atoms with Crippen molar-refractivity contribution >= 4 is 27.1 Å². The fourth-order valence-corrected chi connectivity index (χ4v) is 1.94. The molecule has 0 aliphatic rings. The molecule has 0 radical (unpaired) electrons. The molecule has 0 saturated carbocycles. The first-order valence-electron chi connectivity index (χ1n) is 4.89. The van der Waals surface area contributed by atoms with Crippen LogP contribution >= 0.6 is 11.6 Å². The minimum Gasteiger partial charge on any atom is -0.258 e. The zero-order chi connectivity index (χ0) is 13.8. The Labute approximate surface area is 110 Å². The van der Waals surface area contributed by atoms with Crippen molar-refractivity contribution in [3.63, 3.8) is 0 Å². The number of sulfone groups is 1. The van der Waals surface area contributed by atoms with Gasteiger partial charge in [0.2, 0.25) is 0 Å². The molecule has 1 aromatic rings. The molecule has 18 heavy (non-hydrogen) atoms. The Bertz CT molecular complexity index is 628. The van der Waals surface area contributed by atoms with Gasteiger partial charge in [-0.2, -0.15) is 0 Å². The Hall–Kier alpha value is -1.58. The van der Waals surface area contributed by atoms with Gasteiger partial charge in [0.05, 0.1) is 9.82 Å². The van der Waals surface area contributed by atoms with E-state index < -0.39 is 14.8 Å². The monoisotopic (exact) mass is 287 g/mol. The Morgan fingerprint density at radius 3 is 2.61 bits per heavy atom. The molecule has 0 fully saturated rings. The molecule has 0 aromatic heterocycles. The van der Waals surface area contributed by atoms with E-state index in [4.69, 9.17) is 11.6 Å². The molecule has 1 rings (SSSR count). The molecule has 0 N–H and O–H groups in total. The van der Waals surface area contributed by atoms with Gasteiger partial charge in [0.15, 0.2) is 9.84 Å². The van der Waals surface area contributed by atoms with Crippen LogP contribution in [0, 0.1) is 22.0 Å². The van der Waals surface area contributed by atoms with E-state index in [0.717, 1.165) is 12.3 Å². The maximum absolute atomic E-state index is 11.3. The van der Waals surface area contributed by atoms with Crippen molar-refractivity contribution < 1.29 is 13.3 Å². The van der Waals surface area contributed by atoms with Crippen LogP contribution in [-0.4, -0.2) is 25.5 Å². The number of hydrogen-bond acceptors (Lipinski definition) is 4. The highest BCUT2D eigenvalue weighted by Gasteiger charge is 2.17. The Morgan fingerprint density at radius 1 is 1.44 bits per heavy atom. The van der Waals surface area contributed by atoms with E-state index in [0.29, 0.717) is 12.3 Å². The van der Waals surface area contributed by atoms with Crippen LogP contribution in [-0.2, 0) is 9.84 Å². The molecular weight excluding hydrogens is 278 g/mol. The molecule has 0 unspecified atom stereocenters. The number of alkyl halides is 1. The number of rotatable bonds is 3. The molecule has 0 bridgehead atoms. The van der Waals surface area contributed by atoms with Crippen molar-refractivity contribution in [2.75, 3.05) is 12.1 Å². The van der Waals surface area contributed by atoms with Gasteiger partial charge in [-0.25, -0.2) is 8.42 Å². The minimum absolute atomic E-state index is 0.0999. The maximum atomic E-state index is 11.3. The molecule has 0 spiro atoms. The zero-order valence-electron chi connectivity index (χ0n) is 9.51. The number of benzene rings is 1. The van der Waals surface area contributed by atoms with Gasteiger partial charge in [-0.15, -0.1) is 11.6 Å². The van der Waals surface area contributed by atoms with Gasteiger partial charge in [-0.1, -0.05) is 11.8 Å². The quantitative estimate of drug-likeness (QED) is 0.369. The van der Waals surface area contributed by atoms with Crippen molar-refractivity contribution in [3.05, 3.63) is 33.9 Å². The summed E-state index contributed by atoms with van der Waals surface area (Å²) in [6.45, 7) is 0. The SMILES string of the molecule is CS(=O)(=O)c1ccc(C#CCCCl)c([N+](=O)[O-])c1. The van der Waals surface area contributed by atoms with Crippen LogP contribution < -0.4 is 0 Å². The molecule has 96 valence electrons. The highest BCUT2D eigenvalue weighted by atomic mass is 35.5. The van der Waals surface area contributed by atoms with Crippen LogP contribution in [0.5, 0.6) is 0 Å². The standard InChI is InChI=1S/C11H10ClNO4S/c1-18(16,17)10-6-5-9(4-2-3-7-12)11(8-10)13(14)15/h5-6,8H,3,7H2,1H3. The highest BCUT2D eigenvalue weighted by Crippen LogP contribution is 2.22. The van der Waals surface area contributed by atoms with Crippen molar-refractivity contribution in [2.45, 2.75) is 11.3 Å². The van der Waals surface area contributed by atoms with Gasteiger partial charge in [0, 0.05) is 24.6 Å². The lowest BCUT2D eigenvalue weighted by Crippen LogP contribution is -2.00. The normalized spacial score (nSPS) is 10.6. The third-order valence-electron chi connectivity index (χ3n) is 2.04. The summed E-state index contributed by atoms with van der Waals surface area (Å²) in [5.41, 5.74) is -0.141. The van der Waals surface area contributed by atoms with Crippen molar-refractivity contribution in [1.29, 1.82) is 0 Å². The summed E-state index contributed by atoms with van der Waals surface area (Å²) in [6.07, 6.45) is 1.40. The molecule has 7 heteroatoms. The van der Waals surface area contributed by atoms with E-state index in [1.165, 1.54) is 12.1 Å². The lowest BCUT2D eigenvalue weighted by Gasteiger charge is -2.00. The summed E-state index contributed by atoms with van der Waals surface area (Å²) in [6, 6.07) is 3.64. The first-order chi connectivity index (χ1) is 8.36. The van der Waals surface area contributed by atoms with Crippen molar-refractivity contribution in [3.8, 4) is 11.8 Å². The number of halogens is 1. The summed E-state index contributed by atoms with van der Waals surface area (Å²) in [7, 11) is -3.47. The lowest BCUT2D eigenvalue weighted by molar-refractivity contribution is -0.385. The number of hydrogen-bond donors (Lipinski definition) is 0. The van der Waals surface area contributed by atoms with Crippen LogP contribution in [0.15, 0.2) is 23.1 Å². The summed E-state index contributed by atoms with van der Waals surface area (Å²) >= 11 is 5.44. The van der Waals surface area contributed by atoms with Gasteiger partial charge in [-0.3, -0.25) is 10.1 Å². The van der Waals surface area contributed by atoms with Gasteiger partial charge in [-0.05, 0) is 12.1 Å². The van der Waals surface area contributed by atoms with Crippen LogP contribution in [0.3, 0.4) is 0 Å². The smallest absolute Gasteiger partial charge is 0.258 e. The Morgan fingerprint density at radius 2 is 2.11 bits per heavy atom.